The van der Waals surface area contributed by atoms with Crippen LogP contribution in [0.5, 0.6) is 23.0 Å². The van der Waals surface area contributed by atoms with Gasteiger partial charge in [-0.05, 0) is 60.7 Å². The summed E-state index contributed by atoms with van der Waals surface area (Å²) >= 11 is 1.37. The number of amides is 1. The minimum absolute atomic E-state index is 0.121. The lowest BCUT2D eigenvalue weighted by atomic mass is 10.0. The number of carbonyl (C=O) groups excluding carboxylic acids is 1. The number of hydrogen-bond acceptors (Lipinski definition) is 9. The van der Waals surface area contributed by atoms with E-state index in [0.29, 0.717) is 39.5 Å². The molecule has 0 saturated carbocycles. The van der Waals surface area contributed by atoms with Crippen LogP contribution in [-0.2, 0) is 4.79 Å². The van der Waals surface area contributed by atoms with Gasteiger partial charge >= 0.3 is 0 Å². The molecule has 10 heteroatoms. The summed E-state index contributed by atoms with van der Waals surface area (Å²) in [7, 11) is 3.25. The van der Waals surface area contributed by atoms with Crippen molar-refractivity contribution in [1.82, 2.24) is 15.2 Å². The lowest BCUT2D eigenvalue weighted by molar-refractivity contribution is -0.115. The number of carbonyl (C=O) groups is 1. The van der Waals surface area contributed by atoms with E-state index in [2.05, 4.69) is 15.5 Å². The Morgan fingerprint density at radius 3 is 2.19 bits per heavy atom. The molecule has 9 nitrogen and oxygen atoms in total. The molecular weight excluding hydrogens is 492 g/mol. The average Bonchev–Trinajstić information content (AvgIpc) is 3.41. The van der Waals surface area contributed by atoms with Gasteiger partial charge in [0.1, 0.15) is 22.9 Å². The molecule has 2 heterocycles. The third kappa shape index (κ3) is 5.75. The van der Waals surface area contributed by atoms with Crippen LogP contribution in [0.25, 0.3) is 22.5 Å². The van der Waals surface area contributed by atoms with Crippen LogP contribution >= 0.6 is 11.8 Å². The largest absolute Gasteiger partial charge is 0.497 e. The van der Waals surface area contributed by atoms with E-state index in [1.807, 2.05) is 48.5 Å². The van der Waals surface area contributed by atoms with Gasteiger partial charge in [-0.2, -0.15) is 0 Å². The molecule has 1 amide bonds. The fourth-order valence-corrected chi connectivity index (χ4v) is 4.42. The molecule has 4 aromatic rings. The lowest BCUT2D eigenvalue weighted by Gasteiger charge is -2.11. The predicted octanol–water partition coefficient (Wildman–Crippen LogP) is 5.07. The smallest absolute Gasteiger partial charge is 0.231 e. The maximum Gasteiger partial charge on any atom is 0.231 e. The highest BCUT2D eigenvalue weighted by atomic mass is 32.2. The molecule has 1 aliphatic heterocycles. The van der Waals surface area contributed by atoms with E-state index < -0.39 is 0 Å². The summed E-state index contributed by atoms with van der Waals surface area (Å²) in [6.45, 7) is 0.188. The number of ether oxygens (including phenoxy) is 4. The minimum atomic E-state index is -0.121. The third-order valence-electron chi connectivity index (χ3n) is 5.61. The molecule has 0 saturated heterocycles. The summed E-state index contributed by atoms with van der Waals surface area (Å²) in [5, 5.41) is 12.2. The van der Waals surface area contributed by atoms with E-state index in [-0.39, 0.29) is 19.1 Å². The van der Waals surface area contributed by atoms with Crippen molar-refractivity contribution in [3.8, 4) is 45.5 Å². The van der Waals surface area contributed by atoms with Crippen LogP contribution in [0.15, 0.2) is 71.9 Å². The van der Waals surface area contributed by atoms with E-state index >= 15 is 0 Å². The van der Waals surface area contributed by atoms with Crippen LogP contribution in [0.1, 0.15) is 6.42 Å². The fraction of sp³-hybridized carbons (Fsp3) is 0.185. The van der Waals surface area contributed by atoms with Gasteiger partial charge in [0.25, 0.3) is 0 Å². The quantitative estimate of drug-likeness (QED) is 0.305. The number of methoxy groups -OCH3 is 2. The summed E-state index contributed by atoms with van der Waals surface area (Å²) < 4.78 is 21.2. The zero-order valence-electron chi connectivity index (χ0n) is 20.3. The highest BCUT2D eigenvalue weighted by molar-refractivity contribution is 7.99. The lowest BCUT2D eigenvalue weighted by Crippen LogP contribution is -2.12. The van der Waals surface area contributed by atoms with E-state index in [4.69, 9.17) is 23.9 Å². The minimum Gasteiger partial charge on any atom is -0.497 e. The van der Waals surface area contributed by atoms with Crippen LogP contribution in [0.4, 0.5) is 5.69 Å². The van der Waals surface area contributed by atoms with Crippen LogP contribution in [0.2, 0.25) is 0 Å². The van der Waals surface area contributed by atoms with Crippen molar-refractivity contribution in [2.75, 3.05) is 32.1 Å². The van der Waals surface area contributed by atoms with Gasteiger partial charge in [0.15, 0.2) is 11.5 Å². The molecule has 188 valence electrons. The SMILES string of the molecule is COc1ccc(-c2nnc(SCCC(=O)Nc3ccc4c(c3)OCO4)nc2-c2ccc(OC)cc2)cc1. The van der Waals surface area contributed by atoms with Gasteiger partial charge in [0, 0.05) is 35.1 Å². The molecule has 0 bridgehead atoms. The Morgan fingerprint density at radius 1 is 0.865 bits per heavy atom. The highest BCUT2D eigenvalue weighted by Gasteiger charge is 2.16. The number of thioether (sulfide) groups is 1. The maximum atomic E-state index is 12.5. The number of nitrogens with zero attached hydrogens (tertiary/aromatic N) is 3. The first-order valence-electron chi connectivity index (χ1n) is 11.5. The van der Waals surface area contributed by atoms with E-state index in [1.54, 1.807) is 32.4 Å². The summed E-state index contributed by atoms with van der Waals surface area (Å²) in [4.78, 5) is 17.3. The zero-order valence-corrected chi connectivity index (χ0v) is 21.1. The van der Waals surface area contributed by atoms with Crippen molar-refractivity contribution in [1.29, 1.82) is 0 Å². The first-order chi connectivity index (χ1) is 18.1. The van der Waals surface area contributed by atoms with Gasteiger partial charge in [0.2, 0.25) is 17.9 Å². The number of nitrogens with one attached hydrogen (secondary N) is 1. The molecule has 1 aliphatic rings. The van der Waals surface area contributed by atoms with Gasteiger partial charge in [-0.3, -0.25) is 4.79 Å². The molecule has 1 N–H and O–H groups in total. The molecule has 3 aromatic carbocycles. The molecule has 37 heavy (non-hydrogen) atoms. The molecule has 0 aliphatic carbocycles. The molecule has 0 radical (unpaired) electrons. The van der Waals surface area contributed by atoms with Crippen molar-refractivity contribution < 1.29 is 23.7 Å². The molecule has 0 fully saturated rings. The summed E-state index contributed by atoms with van der Waals surface area (Å²) in [5.74, 6) is 3.16. The normalized spacial score (nSPS) is 11.7. The fourth-order valence-electron chi connectivity index (χ4n) is 3.70. The topological polar surface area (TPSA) is 105 Å². The van der Waals surface area contributed by atoms with Gasteiger partial charge in [-0.25, -0.2) is 4.98 Å². The molecule has 1 aromatic heterocycles. The second-order valence-electron chi connectivity index (χ2n) is 7.96. The predicted molar refractivity (Wildman–Crippen MR) is 140 cm³/mol. The van der Waals surface area contributed by atoms with Crippen LogP contribution in [0.3, 0.4) is 0 Å². The second-order valence-corrected chi connectivity index (χ2v) is 9.03. The van der Waals surface area contributed by atoms with Gasteiger partial charge < -0.3 is 24.3 Å². The Morgan fingerprint density at radius 2 is 1.51 bits per heavy atom. The first-order valence-corrected chi connectivity index (χ1v) is 12.5. The van der Waals surface area contributed by atoms with Gasteiger partial charge in [-0.15, -0.1) is 10.2 Å². The van der Waals surface area contributed by atoms with Crippen molar-refractivity contribution in [2.45, 2.75) is 11.6 Å². The Hall–Kier alpha value is -4.31. The van der Waals surface area contributed by atoms with Crippen LogP contribution in [0, 0.1) is 0 Å². The summed E-state index contributed by atoms with van der Waals surface area (Å²) in [6.07, 6.45) is 0.278. The Balaban J connectivity index is 1.30. The Kier molecular flexibility index (Phi) is 7.36. The van der Waals surface area contributed by atoms with Crippen molar-refractivity contribution >= 4 is 23.4 Å². The summed E-state index contributed by atoms with van der Waals surface area (Å²) in [5.41, 5.74) is 3.74. The van der Waals surface area contributed by atoms with Crippen molar-refractivity contribution in [3.63, 3.8) is 0 Å². The second kappa shape index (κ2) is 11.2. The van der Waals surface area contributed by atoms with E-state index in [1.165, 1.54) is 11.8 Å². The Bertz CT molecular complexity index is 1400. The number of benzene rings is 3. The van der Waals surface area contributed by atoms with Crippen molar-refractivity contribution in [3.05, 3.63) is 66.7 Å². The standard InChI is InChI=1S/C27H24N4O5S/c1-33-20-8-3-17(4-9-20)25-26(18-5-10-21(34-2)11-6-18)30-31-27(29-25)37-14-13-24(32)28-19-7-12-22-23(15-19)36-16-35-22/h3-12,15H,13-14,16H2,1-2H3,(H,28,32). The van der Waals surface area contributed by atoms with Crippen molar-refractivity contribution in [2.24, 2.45) is 0 Å². The van der Waals surface area contributed by atoms with E-state index in [9.17, 15) is 4.79 Å². The third-order valence-corrected chi connectivity index (χ3v) is 6.45. The molecule has 0 atom stereocenters. The van der Waals surface area contributed by atoms with Crippen LogP contribution in [-0.4, -0.2) is 47.9 Å². The number of fused-ring (bicyclic) bond motifs is 1. The van der Waals surface area contributed by atoms with Gasteiger partial charge in [-0.1, -0.05) is 11.8 Å². The molecule has 0 unspecified atom stereocenters. The van der Waals surface area contributed by atoms with Gasteiger partial charge in [0.05, 0.1) is 14.2 Å². The Labute approximate surface area is 218 Å². The summed E-state index contributed by atoms with van der Waals surface area (Å²) in [6, 6.07) is 20.5. The molecule has 5 rings (SSSR count). The monoisotopic (exact) mass is 516 g/mol. The van der Waals surface area contributed by atoms with E-state index in [0.717, 1.165) is 22.6 Å². The molecular formula is C27H24N4O5S. The maximum absolute atomic E-state index is 12.5. The zero-order chi connectivity index (χ0) is 25.6. The highest BCUT2D eigenvalue weighted by Crippen LogP contribution is 2.34. The number of hydrogen-bond donors (Lipinski definition) is 1. The number of anilines is 1. The van der Waals surface area contributed by atoms with Crippen LogP contribution < -0.4 is 24.3 Å². The molecule has 0 spiro atoms. The number of aromatic nitrogens is 3. The first kappa shape index (κ1) is 24.4. The number of rotatable bonds is 9. The average molecular weight is 517 g/mol.